The van der Waals surface area contributed by atoms with Crippen molar-refractivity contribution in [1.82, 2.24) is 19.9 Å². The highest BCUT2D eigenvalue weighted by Gasteiger charge is 2.49. The third kappa shape index (κ3) is 2.25. The summed E-state index contributed by atoms with van der Waals surface area (Å²) in [4.78, 5) is 40.7. The lowest BCUT2D eigenvalue weighted by molar-refractivity contribution is -0.117. The third-order valence-electron chi connectivity index (χ3n) is 4.46. The van der Waals surface area contributed by atoms with Crippen LogP contribution in [0.25, 0.3) is 0 Å². The quantitative estimate of drug-likeness (QED) is 0.823. The molecule has 0 bridgehead atoms. The molecule has 7 heteroatoms. The van der Waals surface area contributed by atoms with Crippen LogP contribution in [0.2, 0.25) is 0 Å². The Labute approximate surface area is 133 Å². The number of carbonyl (C=O) groups excluding carboxylic acids is 2. The van der Waals surface area contributed by atoms with Gasteiger partial charge in [0, 0.05) is 31.6 Å². The minimum Gasteiger partial charge on any atom is -0.332 e. The number of rotatable bonds is 2. The first-order valence-corrected chi connectivity index (χ1v) is 7.55. The molecule has 0 aliphatic carbocycles. The highest BCUT2D eigenvalue weighted by molar-refractivity contribution is 5.99. The normalized spacial score (nSPS) is 23.2. The summed E-state index contributed by atoms with van der Waals surface area (Å²) in [7, 11) is 0. The monoisotopic (exact) mass is 309 g/mol. The van der Waals surface area contributed by atoms with Gasteiger partial charge in [-0.2, -0.15) is 0 Å². The Bertz CT molecular complexity index is 737. The highest BCUT2D eigenvalue weighted by atomic mass is 16.2. The van der Waals surface area contributed by atoms with Crippen LogP contribution >= 0.6 is 0 Å². The molecule has 2 aliphatic rings. The van der Waals surface area contributed by atoms with Gasteiger partial charge in [0.2, 0.25) is 5.91 Å². The van der Waals surface area contributed by atoms with E-state index in [2.05, 4.69) is 15.0 Å². The highest BCUT2D eigenvalue weighted by Crippen LogP contribution is 2.36. The number of aromatic nitrogens is 3. The van der Waals surface area contributed by atoms with Crippen molar-refractivity contribution in [1.29, 1.82) is 0 Å². The molecule has 23 heavy (non-hydrogen) atoms. The van der Waals surface area contributed by atoms with Crippen LogP contribution in [-0.4, -0.2) is 50.3 Å². The summed E-state index contributed by atoms with van der Waals surface area (Å²) in [5.74, 6) is -0.129. The number of hydrogen-bond donors (Lipinski definition) is 0. The van der Waals surface area contributed by atoms with Crippen LogP contribution < -0.4 is 4.90 Å². The molecule has 2 aromatic heterocycles. The third-order valence-corrected chi connectivity index (χ3v) is 4.46. The zero-order valence-electron chi connectivity index (χ0n) is 12.4. The summed E-state index contributed by atoms with van der Waals surface area (Å²) in [6.07, 6.45) is 8.97. The Morgan fingerprint density at radius 1 is 1.13 bits per heavy atom. The Morgan fingerprint density at radius 3 is 2.74 bits per heavy atom. The van der Waals surface area contributed by atoms with Gasteiger partial charge in [-0.15, -0.1) is 0 Å². The maximum absolute atomic E-state index is 12.6. The largest absolute Gasteiger partial charge is 0.332 e. The Kier molecular flexibility index (Phi) is 3.25. The van der Waals surface area contributed by atoms with E-state index in [4.69, 9.17) is 0 Å². The lowest BCUT2D eigenvalue weighted by Gasteiger charge is -2.25. The van der Waals surface area contributed by atoms with Crippen LogP contribution in [0.5, 0.6) is 0 Å². The number of carbonyl (C=O) groups is 2. The summed E-state index contributed by atoms with van der Waals surface area (Å²) in [5, 5.41) is 0. The van der Waals surface area contributed by atoms with E-state index in [0.29, 0.717) is 18.7 Å². The molecular weight excluding hydrogens is 294 g/mol. The van der Waals surface area contributed by atoms with Gasteiger partial charge in [-0.1, -0.05) is 0 Å². The van der Waals surface area contributed by atoms with Crippen molar-refractivity contribution < 1.29 is 9.59 Å². The fourth-order valence-electron chi connectivity index (χ4n) is 3.49. The van der Waals surface area contributed by atoms with Gasteiger partial charge in [0.25, 0.3) is 5.91 Å². The molecule has 7 nitrogen and oxygen atoms in total. The van der Waals surface area contributed by atoms with Gasteiger partial charge in [-0.25, -0.2) is 4.98 Å². The Hall–Kier alpha value is -2.83. The molecule has 0 radical (unpaired) electrons. The number of pyridine rings is 1. The standard InChI is InChI=1S/C16H15N5O2/c22-15-8-14-13(21(15)11-2-1-4-17-9-11)3-7-20(14)16(23)12-10-18-5-6-19-12/h1-2,4-6,9-10,13-14H,3,7-8H2/t13-,14+/m1/s1. The molecule has 0 aromatic carbocycles. The van der Waals surface area contributed by atoms with Crippen molar-refractivity contribution in [3.8, 4) is 0 Å². The van der Waals surface area contributed by atoms with E-state index in [9.17, 15) is 9.59 Å². The Balaban J connectivity index is 1.60. The van der Waals surface area contributed by atoms with Crippen LogP contribution in [0.15, 0.2) is 43.1 Å². The van der Waals surface area contributed by atoms with E-state index in [0.717, 1.165) is 12.1 Å². The molecule has 2 saturated heterocycles. The average Bonchev–Trinajstić information content (AvgIpc) is 3.13. The molecule has 2 aromatic rings. The van der Waals surface area contributed by atoms with Crippen LogP contribution in [0.1, 0.15) is 23.3 Å². The van der Waals surface area contributed by atoms with E-state index in [1.165, 1.54) is 18.6 Å². The predicted octanol–water partition coefficient (Wildman–Crippen LogP) is 0.892. The molecule has 4 rings (SSSR count). The minimum atomic E-state index is -0.161. The number of likely N-dealkylation sites (tertiary alicyclic amines) is 1. The van der Waals surface area contributed by atoms with Crippen molar-refractivity contribution in [3.05, 3.63) is 48.8 Å². The average molecular weight is 309 g/mol. The number of nitrogens with zero attached hydrogens (tertiary/aromatic N) is 5. The number of anilines is 1. The number of hydrogen-bond acceptors (Lipinski definition) is 5. The van der Waals surface area contributed by atoms with Crippen LogP contribution in [0.3, 0.4) is 0 Å². The first-order valence-electron chi connectivity index (χ1n) is 7.55. The Morgan fingerprint density at radius 2 is 2.00 bits per heavy atom. The SMILES string of the molecule is O=C(c1cnccn1)N1CC[C@@H]2[C@@H]1CC(=O)N2c1cccnc1. The van der Waals surface area contributed by atoms with Gasteiger partial charge in [-0.05, 0) is 18.6 Å². The molecule has 116 valence electrons. The van der Waals surface area contributed by atoms with Crippen LogP contribution in [0.4, 0.5) is 5.69 Å². The molecule has 0 unspecified atom stereocenters. The summed E-state index contributed by atoms with van der Waals surface area (Å²) in [6, 6.07) is 3.58. The zero-order valence-corrected chi connectivity index (χ0v) is 12.4. The molecule has 2 atom stereocenters. The minimum absolute atomic E-state index is 0.00678. The first kappa shape index (κ1) is 13.8. The van der Waals surface area contributed by atoms with E-state index in [1.54, 1.807) is 22.2 Å². The van der Waals surface area contributed by atoms with Gasteiger partial charge >= 0.3 is 0 Å². The molecule has 2 aliphatic heterocycles. The van der Waals surface area contributed by atoms with Gasteiger partial charge in [0.1, 0.15) is 5.69 Å². The van der Waals surface area contributed by atoms with Crippen LogP contribution in [-0.2, 0) is 4.79 Å². The molecule has 0 N–H and O–H groups in total. The molecule has 4 heterocycles. The van der Waals surface area contributed by atoms with Gasteiger partial charge in [0.15, 0.2) is 0 Å². The summed E-state index contributed by atoms with van der Waals surface area (Å²) < 4.78 is 0. The second kappa shape index (κ2) is 5.42. The summed E-state index contributed by atoms with van der Waals surface area (Å²) in [6.45, 7) is 0.620. The van der Waals surface area contributed by atoms with E-state index >= 15 is 0 Å². The van der Waals surface area contributed by atoms with Gasteiger partial charge in [-0.3, -0.25) is 19.6 Å². The van der Waals surface area contributed by atoms with Crippen molar-refractivity contribution in [2.45, 2.75) is 24.9 Å². The fourth-order valence-corrected chi connectivity index (χ4v) is 3.49. The second-order valence-corrected chi connectivity index (χ2v) is 5.69. The van der Waals surface area contributed by atoms with E-state index in [1.807, 2.05) is 12.1 Å². The van der Waals surface area contributed by atoms with Gasteiger partial charge in [0.05, 0.1) is 30.2 Å². The summed E-state index contributed by atoms with van der Waals surface area (Å²) >= 11 is 0. The van der Waals surface area contributed by atoms with Crippen LogP contribution in [0, 0.1) is 0 Å². The first-order chi connectivity index (χ1) is 11.3. The predicted molar refractivity (Wildman–Crippen MR) is 81.6 cm³/mol. The van der Waals surface area contributed by atoms with Crippen molar-refractivity contribution >= 4 is 17.5 Å². The van der Waals surface area contributed by atoms with Crippen molar-refractivity contribution in [3.63, 3.8) is 0 Å². The lowest BCUT2D eigenvalue weighted by atomic mass is 10.1. The lowest BCUT2D eigenvalue weighted by Crippen LogP contribution is -2.40. The molecule has 0 saturated carbocycles. The smallest absolute Gasteiger partial charge is 0.274 e. The maximum Gasteiger partial charge on any atom is 0.274 e. The maximum atomic E-state index is 12.6. The van der Waals surface area contributed by atoms with Crippen molar-refractivity contribution in [2.24, 2.45) is 0 Å². The van der Waals surface area contributed by atoms with E-state index in [-0.39, 0.29) is 23.9 Å². The number of fused-ring (bicyclic) bond motifs is 1. The molecule has 2 amide bonds. The molecule has 2 fully saturated rings. The second-order valence-electron chi connectivity index (χ2n) is 5.69. The summed E-state index contributed by atoms with van der Waals surface area (Å²) in [5.41, 5.74) is 1.11. The number of amides is 2. The topological polar surface area (TPSA) is 79.3 Å². The zero-order chi connectivity index (χ0) is 15.8. The van der Waals surface area contributed by atoms with Gasteiger partial charge < -0.3 is 9.80 Å². The van der Waals surface area contributed by atoms with Crippen molar-refractivity contribution in [2.75, 3.05) is 11.4 Å². The fraction of sp³-hybridized carbons (Fsp3) is 0.312. The molecule has 0 spiro atoms. The molecular formula is C16H15N5O2. The van der Waals surface area contributed by atoms with E-state index < -0.39 is 0 Å².